The van der Waals surface area contributed by atoms with Crippen LogP contribution in [0.2, 0.25) is 0 Å². The van der Waals surface area contributed by atoms with E-state index >= 15 is 0 Å². The van der Waals surface area contributed by atoms with Gasteiger partial charge in [0.05, 0.1) is 27.0 Å². The Labute approximate surface area is 179 Å². The molecule has 0 aliphatic rings. The summed E-state index contributed by atoms with van der Waals surface area (Å²) in [4.78, 5) is 22.5. The minimum absolute atomic E-state index is 0.0140. The first-order chi connectivity index (χ1) is 13.2. The summed E-state index contributed by atoms with van der Waals surface area (Å²) in [6.45, 7) is 5.52. The van der Waals surface area contributed by atoms with Crippen LogP contribution in [0.3, 0.4) is 0 Å². The van der Waals surface area contributed by atoms with Gasteiger partial charge in [-0.1, -0.05) is 20.8 Å². The second-order valence-electron chi connectivity index (χ2n) is 6.12. The molecule has 0 N–H and O–H groups in total. The lowest BCUT2D eigenvalue weighted by atomic mass is 10.0. The molecular formula is C19H19Br2NO6. The van der Waals surface area contributed by atoms with Crippen molar-refractivity contribution >= 4 is 43.5 Å². The molecular weight excluding hydrogens is 498 g/mol. The molecule has 0 fully saturated rings. The van der Waals surface area contributed by atoms with Crippen molar-refractivity contribution in [2.75, 3.05) is 7.11 Å². The molecule has 0 unspecified atom stereocenters. The number of hydrogen-bond donors (Lipinski definition) is 0. The highest BCUT2D eigenvalue weighted by atomic mass is 79.9. The molecule has 0 heterocycles. The molecule has 0 aromatic heterocycles. The molecule has 9 heteroatoms. The van der Waals surface area contributed by atoms with Crippen molar-refractivity contribution < 1.29 is 23.9 Å². The number of hydrogen-bond acceptors (Lipinski definition) is 6. The highest BCUT2D eigenvalue weighted by molar-refractivity contribution is 9.11. The van der Waals surface area contributed by atoms with E-state index in [0.717, 1.165) is 0 Å². The Hall–Kier alpha value is -2.13. The monoisotopic (exact) mass is 515 g/mol. The van der Waals surface area contributed by atoms with E-state index in [-0.39, 0.29) is 35.5 Å². The summed E-state index contributed by atoms with van der Waals surface area (Å²) >= 11 is 6.77. The fraction of sp³-hybridized carbons (Fsp3) is 0.316. The van der Waals surface area contributed by atoms with Gasteiger partial charge >= 0.3 is 11.7 Å². The Morgan fingerprint density at radius 3 is 2.18 bits per heavy atom. The van der Waals surface area contributed by atoms with E-state index in [1.165, 1.54) is 13.2 Å². The first-order valence-corrected chi connectivity index (χ1v) is 10.00. The fourth-order valence-electron chi connectivity index (χ4n) is 2.47. The van der Waals surface area contributed by atoms with Crippen LogP contribution in [0.15, 0.2) is 33.2 Å². The number of methoxy groups -OCH3 is 1. The molecule has 0 radical (unpaired) electrons. The molecule has 2 rings (SSSR count). The van der Waals surface area contributed by atoms with Crippen LogP contribution in [0.25, 0.3) is 0 Å². The Morgan fingerprint density at radius 1 is 1.11 bits per heavy atom. The number of nitrogens with zero attached hydrogens (tertiary/aromatic N) is 1. The molecule has 150 valence electrons. The first-order valence-electron chi connectivity index (χ1n) is 8.41. The lowest BCUT2D eigenvalue weighted by molar-refractivity contribution is -0.385. The number of carbonyl (C=O) groups excluding carboxylic acids is 1. The van der Waals surface area contributed by atoms with Gasteiger partial charge in [-0.2, -0.15) is 0 Å². The molecule has 0 aliphatic heterocycles. The topological polar surface area (TPSA) is 87.9 Å². The molecule has 0 atom stereocenters. The zero-order chi connectivity index (χ0) is 21.0. The molecule has 2 aromatic carbocycles. The predicted molar refractivity (Wildman–Crippen MR) is 112 cm³/mol. The van der Waals surface area contributed by atoms with Crippen LogP contribution in [-0.2, 0) is 4.79 Å². The summed E-state index contributed by atoms with van der Waals surface area (Å²) in [7, 11) is 1.40. The molecule has 28 heavy (non-hydrogen) atoms. The molecule has 0 saturated carbocycles. The zero-order valence-electron chi connectivity index (χ0n) is 15.7. The van der Waals surface area contributed by atoms with Crippen LogP contribution in [0, 0.1) is 10.1 Å². The van der Waals surface area contributed by atoms with Gasteiger partial charge in [0.2, 0.25) is 5.75 Å². The van der Waals surface area contributed by atoms with Crippen LogP contribution < -0.4 is 14.2 Å². The van der Waals surface area contributed by atoms with Gasteiger partial charge in [0, 0.05) is 12.0 Å². The van der Waals surface area contributed by atoms with Crippen molar-refractivity contribution in [2.45, 2.75) is 33.1 Å². The Bertz CT molecular complexity index is 891. The average Bonchev–Trinajstić information content (AvgIpc) is 2.63. The molecule has 0 aliphatic carbocycles. The van der Waals surface area contributed by atoms with Gasteiger partial charge in [-0.25, -0.2) is 0 Å². The largest absolute Gasteiger partial charge is 0.490 e. The Balaban J connectivity index is 2.48. The van der Waals surface area contributed by atoms with Crippen LogP contribution in [0.1, 0.15) is 38.7 Å². The lowest BCUT2D eigenvalue weighted by Crippen LogP contribution is -2.05. The lowest BCUT2D eigenvalue weighted by Gasteiger charge is -2.16. The number of carbonyl (C=O) groups is 1. The third kappa shape index (κ3) is 5.02. The van der Waals surface area contributed by atoms with E-state index < -0.39 is 4.92 Å². The number of ether oxygens (including phenoxy) is 3. The predicted octanol–water partition coefficient (Wildman–Crippen LogP) is 6.36. The zero-order valence-corrected chi connectivity index (χ0v) is 18.9. The molecule has 0 spiro atoms. The van der Waals surface area contributed by atoms with Gasteiger partial charge in [0.15, 0.2) is 5.75 Å². The van der Waals surface area contributed by atoms with Gasteiger partial charge in [-0.15, -0.1) is 0 Å². The maximum absolute atomic E-state index is 11.5. The summed E-state index contributed by atoms with van der Waals surface area (Å²) in [6, 6.07) is 6.21. The molecule has 2 aromatic rings. The van der Waals surface area contributed by atoms with Crippen molar-refractivity contribution in [1.29, 1.82) is 0 Å². The van der Waals surface area contributed by atoms with E-state index in [4.69, 9.17) is 14.2 Å². The van der Waals surface area contributed by atoms with Crippen LogP contribution in [0.4, 0.5) is 5.69 Å². The van der Waals surface area contributed by atoms with Crippen molar-refractivity contribution in [3.8, 4) is 23.0 Å². The minimum Gasteiger partial charge on any atom is -0.490 e. The van der Waals surface area contributed by atoms with E-state index in [2.05, 4.69) is 31.9 Å². The van der Waals surface area contributed by atoms with E-state index in [1.807, 2.05) is 13.8 Å². The second kappa shape index (κ2) is 9.38. The van der Waals surface area contributed by atoms with Crippen molar-refractivity contribution in [1.82, 2.24) is 0 Å². The molecule has 0 amide bonds. The third-order valence-corrected chi connectivity index (χ3v) is 4.98. The SMILES string of the molecule is CCC(=O)Oc1cc(Br)c(Oc2cc(C(C)C)c(OC)c([N+](=O)[O-])c2)c(Br)c1. The third-order valence-electron chi connectivity index (χ3n) is 3.81. The minimum atomic E-state index is -0.505. The van der Waals surface area contributed by atoms with Crippen molar-refractivity contribution in [3.63, 3.8) is 0 Å². The van der Waals surface area contributed by atoms with Gasteiger partial charge in [-0.3, -0.25) is 14.9 Å². The van der Waals surface area contributed by atoms with E-state index in [0.29, 0.717) is 26.0 Å². The van der Waals surface area contributed by atoms with Gasteiger partial charge in [-0.05, 0) is 56.0 Å². The van der Waals surface area contributed by atoms with Gasteiger partial charge in [0.25, 0.3) is 0 Å². The first kappa shape index (κ1) is 22.2. The summed E-state index contributed by atoms with van der Waals surface area (Å²) in [6.07, 6.45) is 0.251. The highest BCUT2D eigenvalue weighted by Crippen LogP contribution is 2.44. The number of esters is 1. The van der Waals surface area contributed by atoms with Crippen molar-refractivity contribution in [2.24, 2.45) is 0 Å². The summed E-state index contributed by atoms with van der Waals surface area (Å²) in [5, 5.41) is 11.5. The Kier molecular flexibility index (Phi) is 7.42. The number of benzene rings is 2. The smallest absolute Gasteiger partial charge is 0.314 e. The maximum Gasteiger partial charge on any atom is 0.314 e. The second-order valence-corrected chi connectivity index (χ2v) is 7.83. The summed E-state index contributed by atoms with van der Waals surface area (Å²) in [5.74, 6) is 0.870. The van der Waals surface area contributed by atoms with E-state index in [9.17, 15) is 14.9 Å². The fourth-order valence-corrected chi connectivity index (χ4v) is 3.78. The summed E-state index contributed by atoms with van der Waals surface area (Å²) in [5.41, 5.74) is 0.483. The van der Waals surface area contributed by atoms with Crippen LogP contribution in [0.5, 0.6) is 23.0 Å². The normalized spacial score (nSPS) is 10.7. The average molecular weight is 517 g/mol. The standard InChI is InChI=1S/C19H19Br2NO6/c1-5-17(23)27-12-7-14(20)19(15(21)8-12)28-11-6-13(10(2)3)18(26-4)16(9-11)22(24)25/h6-10H,5H2,1-4H3. The van der Waals surface area contributed by atoms with E-state index in [1.54, 1.807) is 25.1 Å². The number of nitro benzene ring substituents is 1. The molecule has 7 nitrogen and oxygen atoms in total. The van der Waals surface area contributed by atoms with Gasteiger partial charge < -0.3 is 14.2 Å². The van der Waals surface area contributed by atoms with Crippen molar-refractivity contribution in [3.05, 3.63) is 48.9 Å². The summed E-state index contributed by atoms with van der Waals surface area (Å²) < 4.78 is 17.4. The van der Waals surface area contributed by atoms with Crippen LogP contribution in [-0.4, -0.2) is 18.0 Å². The number of halogens is 2. The Morgan fingerprint density at radius 2 is 1.71 bits per heavy atom. The molecule has 0 saturated heterocycles. The number of rotatable bonds is 7. The van der Waals surface area contributed by atoms with Gasteiger partial charge in [0.1, 0.15) is 11.5 Å². The maximum atomic E-state index is 11.5. The number of nitro groups is 1. The van der Waals surface area contributed by atoms with Crippen LogP contribution >= 0.6 is 31.9 Å². The quantitative estimate of drug-likeness (QED) is 0.184. The highest BCUT2D eigenvalue weighted by Gasteiger charge is 2.24. The molecule has 0 bridgehead atoms.